The molecule has 0 spiro atoms. The molecule has 0 atom stereocenters. The smallest absolute Gasteiger partial charge is 0.250 e. The molecule has 0 aliphatic heterocycles. The second kappa shape index (κ2) is 4.97. The highest BCUT2D eigenvalue weighted by molar-refractivity contribution is 7.07. The van der Waals surface area contributed by atoms with Gasteiger partial charge in [0.25, 0.3) is 5.91 Å². The summed E-state index contributed by atoms with van der Waals surface area (Å²) in [6.45, 7) is 0.732. The third kappa shape index (κ3) is 2.62. The Hall–Kier alpha value is -1.88. The van der Waals surface area contributed by atoms with Crippen molar-refractivity contribution in [3.05, 3.63) is 46.4 Å². The first kappa shape index (κ1) is 11.6. The molecule has 0 aromatic carbocycles. The van der Waals surface area contributed by atoms with E-state index in [9.17, 15) is 4.79 Å². The maximum atomic E-state index is 11.3. The minimum absolute atomic E-state index is 0.431. The van der Waals surface area contributed by atoms with Gasteiger partial charge in [-0.3, -0.25) is 9.78 Å². The largest absolute Gasteiger partial charge is 0.368 e. The van der Waals surface area contributed by atoms with Gasteiger partial charge < -0.3 is 10.6 Å². The van der Waals surface area contributed by atoms with Gasteiger partial charge in [0.1, 0.15) is 0 Å². The van der Waals surface area contributed by atoms with Crippen molar-refractivity contribution in [2.45, 2.75) is 6.54 Å². The Kier molecular flexibility index (Phi) is 3.39. The standard InChI is InChI=1S/C12H13N3OS/c1-15(7-9-3-5-17-8-9)11-6-14-4-2-10(11)12(13)16/h2-6,8H,7H2,1H3,(H2,13,16). The number of primary amides is 1. The molecule has 4 nitrogen and oxygen atoms in total. The maximum Gasteiger partial charge on any atom is 0.250 e. The second-order valence-corrected chi connectivity index (χ2v) is 4.52. The van der Waals surface area contributed by atoms with E-state index in [2.05, 4.69) is 16.4 Å². The van der Waals surface area contributed by atoms with E-state index < -0.39 is 5.91 Å². The van der Waals surface area contributed by atoms with Gasteiger partial charge in [-0.1, -0.05) is 0 Å². The average molecular weight is 247 g/mol. The van der Waals surface area contributed by atoms with E-state index in [1.54, 1.807) is 29.8 Å². The number of carbonyl (C=O) groups is 1. The summed E-state index contributed by atoms with van der Waals surface area (Å²) in [6.07, 6.45) is 3.23. The van der Waals surface area contributed by atoms with Crippen LogP contribution in [0, 0.1) is 0 Å². The Morgan fingerprint density at radius 2 is 2.35 bits per heavy atom. The molecule has 88 valence electrons. The van der Waals surface area contributed by atoms with Crippen LogP contribution in [0.1, 0.15) is 15.9 Å². The monoisotopic (exact) mass is 247 g/mol. The van der Waals surface area contributed by atoms with Crippen molar-refractivity contribution < 1.29 is 4.79 Å². The van der Waals surface area contributed by atoms with Gasteiger partial charge in [-0.05, 0) is 28.5 Å². The van der Waals surface area contributed by atoms with Crippen LogP contribution in [0.25, 0.3) is 0 Å². The van der Waals surface area contributed by atoms with Crippen molar-refractivity contribution in [1.82, 2.24) is 4.98 Å². The first-order valence-electron chi connectivity index (χ1n) is 5.14. The number of hydrogen-bond donors (Lipinski definition) is 1. The molecule has 0 fully saturated rings. The van der Waals surface area contributed by atoms with Gasteiger partial charge in [0, 0.05) is 19.8 Å². The van der Waals surface area contributed by atoms with Gasteiger partial charge in [-0.25, -0.2) is 0 Å². The molecule has 2 heterocycles. The molecule has 0 saturated heterocycles. The number of rotatable bonds is 4. The van der Waals surface area contributed by atoms with E-state index in [1.165, 1.54) is 5.56 Å². The Balaban J connectivity index is 2.24. The van der Waals surface area contributed by atoms with Gasteiger partial charge in [-0.15, -0.1) is 0 Å². The van der Waals surface area contributed by atoms with E-state index in [4.69, 9.17) is 5.73 Å². The maximum absolute atomic E-state index is 11.3. The Morgan fingerprint density at radius 1 is 1.53 bits per heavy atom. The molecule has 0 saturated carbocycles. The Bertz CT molecular complexity index is 510. The normalized spacial score (nSPS) is 10.2. The molecule has 0 radical (unpaired) electrons. The summed E-state index contributed by atoms with van der Waals surface area (Å²) in [6, 6.07) is 3.70. The van der Waals surface area contributed by atoms with Crippen LogP contribution in [-0.2, 0) is 6.54 Å². The molecular formula is C12H13N3OS. The molecule has 0 aliphatic rings. The summed E-state index contributed by atoms with van der Waals surface area (Å²) in [5.74, 6) is -0.431. The number of aromatic nitrogens is 1. The van der Waals surface area contributed by atoms with E-state index >= 15 is 0 Å². The van der Waals surface area contributed by atoms with Crippen molar-refractivity contribution in [2.75, 3.05) is 11.9 Å². The molecule has 2 aromatic rings. The molecule has 0 aliphatic carbocycles. The topological polar surface area (TPSA) is 59.2 Å². The lowest BCUT2D eigenvalue weighted by Crippen LogP contribution is -2.22. The predicted octanol–water partition coefficient (Wildman–Crippen LogP) is 1.88. The molecule has 17 heavy (non-hydrogen) atoms. The molecule has 1 amide bonds. The van der Waals surface area contributed by atoms with Crippen molar-refractivity contribution in [2.24, 2.45) is 5.73 Å². The number of thiophene rings is 1. The zero-order valence-electron chi connectivity index (χ0n) is 9.46. The molecule has 0 bridgehead atoms. The van der Waals surface area contributed by atoms with Crippen LogP contribution in [-0.4, -0.2) is 17.9 Å². The predicted molar refractivity (Wildman–Crippen MR) is 69.2 cm³/mol. The highest BCUT2D eigenvalue weighted by atomic mass is 32.1. The fourth-order valence-electron chi connectivity index (χ4n) is 1.64. The number of carbonyl (C=O) groups excluding carboxylic acids is 1. The zero-order valence-corrected chi connectivity index (χ0v) is 10.3. The summed E-state index contributed by atoms with van der Waals surface area (Å²) in [4.78, 5) is 17.3. The Labute approximate surface area is 104 Å². The molecule has 2 rings (SSSR count). The zero-order chi connectivity index (χ0) is 12.3. The second-order valence-electron chi connectivity index (χ2n) is 3.74. The summed E-state index contributed by atoms with van der Waals surface area (Å²) >= 11 is 1.65. The lowest BCUT2D eigenvalue weighted by atomic mass is 10.2. The average Bonchev–Trinajstić information content (AvgIpc) is 2.81. The fourth-order valence-corrected chi connectivity index (χ4v) is 2.30. The van der Waals surface area contributed by atoms with Gasteiger partial charge in [0.15, 0.2) is 0 Å². The van der Waals surface area contributed by atoms with Gasteiger partial charge in [0.2, 0.25) is 0 Å². The fraction of sp³-hybridized carbons (Fsp3) is 0.167. The Morgan fingerprint density at radius 3 is 3.00 bits per heavy atom. The van der Waals surface area contributed by atoms with Crippen LogP contribution in [0.4, 0.5) is 5.69 Å². The quantitative estimate of drug-likeness (QED) is 0.897. The number of hydrogen-bond acceptors (Lipinski definition) is 4. The van der Waals surface area contributed by atoms with Crippen LogP contribution in [0.5, 0.6) is 0 Å². The third-order valence-corrected chi connectivity index (χ3v) is 3.21. The summed E-state index contributed by atoms with van der Waals surface area (Å²) in [7, 11) is 1.92. The minimum Gasteiger partial charge on any atom is -0.368 e. The van der Waals surface area contributed by atoms with E-state index in [0.29, 0.717) is 5.56 Å². The number of nitrogens with zero attached hydrogens (tertiary/aromatic N) is 2. The highest BCUT2D eigenvalue weighted by Gasteiger charge is 2.12. The van der Waals surface area contributed by atoms with Gasteiger partial charge >= 0.3 is 0 Å². The third-order valence-electron chi connectivity index (χ3n) is 2.48. The van der Waals surface area contributed by atoms with Crippen molar-refractivity contribution in [3.63, 3.8) is 0 Å². The molecule has 2 N–H and O–H groups in total. The number of pyridine rings is 1. The van der Waals surface area contributed by atoms with Crippen LogP contribution in [0.15, 0.2) is 35.3 Å². The summed E-state index contributed by atoms with van der Waals surface area (Å²) in [5.41, 5.74) is 7.79. The van der Waals surface area contributed by atoms with E-state index in [0.717, 1.165) is 12.2 Å². The molecular weight excluding hydrogens is 234 g/mol. The molecule has 0 unspecified atom stereocenters. The van der Waals surface area contributed by atoms with E-state index in [1.807, 2.05) is 17.3 Å². The molecule has 2 aromatic heterocycles. The first-order chi connectivity index (χ1) is 8.18. The summed E-state index contributed by atoms with van der Waals surface area (Å²) in [5, 5.41) is 4.11. The lowest BCUT2D eigenvalue weighted by Gasteiger charge is -2.20. The first-order valence-corrected chi connectivity index (χ1v) is 6.09. The van der Waals surface area contributed by atoms with Crippen LogP contribution < -0.4 is 10.6 Å². The van der Waals surface area contributed by atoms with Crippen molar-refractivity contribution >= 4 is 22.9 Å². The van der Waals surface area contributed by atoms with Crippen molar-refractivity contribution in [1.29, 1.82) is 0 Å². The lowest BCUT2D eigenvalue weighted by molar-refractivity contribution is 0.100. The van der Waals surface area contributed by atoms with Crippen LogP contribution >= 0.6 is 11.3 Å². The van der Waals surface area contributed by atoms with Crippen LogP contribution in [0.2, 0.25) is 0 Å². The SMILES string of the molecule is CN(Cc1ccsc1)c1cnccc1C(N)=O. The van der Waals surface area contributed by atoms with Crippen molar-refractivity contribution in [3.8, 4) is 0 Å². The molecule has 5 heteroatoms. The van der Waals surface area contributed by atoms with E-state index in [-0.39, 0.29) is 0 Å². The number of anilines is 1. The number of nitrogens with two attached hydrogens (primary N) is 1. The minimum atomic E-state index is -0.431. The number of amides is 1. The van der Waals surface area contributed by atoms with Gasteiger partial charge in [0.05, 0.1) is 17.4 Å². The van der Waals surface area contributed by atoms with Gasteiger partial charge in [-0.2, -0.15) is 11.3 Å². The highest BCUT2D eigenvalue weighted by Crippen LogP contribution is 2.20. The van der Waals surface area contributed by atoms with Crippen LogP contribution in [0.3, 0.4) is 0 Å². The summed E-state index contributed by atoms with van der Waals surface area (Å²) < 4.78 is 0.